The van der Waals surface area contributed by atoms with Gasteiger partial charge in [0.15, 0.2) is 0 Å². The fourth-order valence-corrected chi connectivity index (χ4v) is 2.30. The van der Waals surface area contributed by atoms with Gasteiger partial charge in [0.1, 0.15) is 11.5 Å². The summed E-state index contributed by atoms with van der Waals surface area (Å²) in [6.45, 7) is 1.97. The molecule has 1 N–H and O–H groups in total. The van der Waals surface area contributed by atoms with Crippen molar-refractivity contribution in [2.75, 3.05) is 6.61 Å². The van der Waals surface area contributed by atoms with E-state index >= 15 is 0 Å². The fraction of sp³-hybridized carbons (Fsp3) is 0.125. The number of hydrogen-bond acceptors (Lipinski definition) is 3. The van der Waals surface area contributed by atoms with Gasteiger partial charge in [-0.3, -0.25) is 4.98 Å². The van der Waals surface area contributed by atoms with Crippen LogP contribution in [0.25, 0.3) is 22.2 Å². The highest BCUT2D eigenvalue weighted by atomic mass is 19.1. The van der Waals surface area contributed by atoms with E-state index in [2.05, 4.69) is 9.97 Å². The summed E-state index contributed by atoms with van der Waals surface area (Å²) in [5.41, 5.74) is 2.19. The van der Waals surface area contributed by atoms with Gasteiger partial charge in [-0.15, -0.1) is 0 Å². The molecule has 0 fully saturated rings. The van der Waals surface area contributed by atoms with Crippen LogP contribution in [0.3, 0.4) is 0 Å². The Morgan fingerprint density at radius 2 is 2.10 bits per heavy atom. The van der Waals surface area contributed by atoms with Crippen molar-refractivity contribution in [2.45, 2.75) is 6.92 Å². The maximum absolute atomic E-state index is 14.1. The van der Waals surface area contributed by atoms with Crippen LogP contribution in [0.15, 0.2) is 42.6 Å². The third-order valence-corrected chi connectivity index (χ3v) is 3.18. The Kier molecular flexibility index (Phi) is 3.39. The molecule has 1 aromatic carbocycles. The summed E-state index contributed by atoms with van der Waals surface area (Å²) in [5, 5.41) is 0. The molecular weight excluding hydrogens is 271 g/mol. The van der Waals surface area contributed by atoms with E-state index in [4.69, 9.17) is 4.74 Å². The van der Waals surface area contributed by atoms with Crippen molar-refractivity contribution in [1.82, 2.24) is 9.97 Å². The Balaban J connectivity index is 2.31. The predicted octanol–water partition coefficient (Wildman–Crippen LogP) is 3.55. The van der Waals surface area contributed by atoms with Crippen LogP contribution in [0.5, 0.6) is 0 Å². The first kappa shape index (κ1) is 13.3. The topological polar surface area (TPSA) is 55.0 Å². The van der Waals surface area contributed by atoms with Gasteiger partial charge >= 0.3 is 5.97 Å². The molecule has 0 aliphatic rings. The number of pyridine rings is 1. The summed E-state index contributed by atoms with van der Waals surface area (Å²) in [6, 6.07) is 9.83. The minimum atomic E-state index is -0.520. The molecule has 0 unspecified atom stereocenters. The third-order valence-electron chi connectivity index (χ3n) is 3.18. The van der Waals surface area contributed by atoms with Crippen LogP contribution in [0.4, 0.5) is 4.39 Å². The molecule has 4 nitrogen and oxygen atoms in total. The second-order valence-corrected chi connectivity index (χ2v) is 4.47. The second-order valence-electron chi connectivity index (χ2n) is 4.47. The van der Waals surface area contributed by atoms with Crippen LogP contribution < -0.4 is 0 Å². The maximum Gasteiger partial charge on any atom is 0.355 e. The van der Waals surface area contributed by atoms with Gasteiger partial charge < -0.3 is 9.72 Å². The Labute approximate surface area is 120 Å². The average Bonchev–Trinajstić information content (AvgIpc) is 2.87. The van der Waals surface area contributed by atoms with E-state index in [-0.39, 0.29) is 12.3 Å². The number of H-pyrrole nitrogens is 1. The molecule has 0 spiro atoms. The number of esters is 1. The zero-order chi connectivity index (χ0) is 14.8. The van der Waals surface area contributed by atoms with Crippen molar-refractivity contribution in [3.63, 3.8) is 0 Å². The lowest BCUT2D eigenvalue weighted by atomic mass is 10.0. The summed E-state index contributed by atoms with van der Waals surface area (Å²) in [5.74, 6) is -0.927. The summed E-state index contributed by atoms with van der Waals surface area (Å²) in [6.07, 6.45) is 1.61. The third kappa shape index (κ3) is 2.27. The fourth-order valence-electron chi connectivity index (χ4n) is 2.30. The molecule has 0 radical (unpaired) electrons. The van der Waals surface area contributed by atoms with Gasteiger partial charge in [-0.2, -0.15) is 0 Å². The van der Waals surface area contributed by atoms with Crippen molar-refractivity contribution >= 4 is 17.0 Å². The van der Waals surface area contributed by atoms with E-state index in [1.54, 1.807) is 43.5 Å². The number of aromatic amines is 1. The second kappa shape index (κ2) is 5.36. The molecule has 3 aromatic rings. The number of nitrogens with one attached hydrogen (secondary N) is 1. The summed E-state index contributed by atoms with van der Waals surface area (Å²) in [7, 11) is 0. The van der Waals surface area contributed by atoms with E-state index in [0.29, 0.717) is 22.2 Å². The molecule has 5 heteroatoms. The normalized spacial score (nSPS) is 10.8. The van der Waals surface area contributed by atoms with Gasteiger partial charge in [0.25, 0.3) is 0 Å². The Morgan fingerprint density at radius 1 is 1.29 bits per heavy atom. The van der Waals surface area contributed by atoms with E-state index < -0.39 is 11.8 Å². The molecule has 0 saturated heterocycles. The number of nitrogens with zero attached hydrogens (tertiary/aromatic N) is 1. The van der Waals surface area contributed by atoms with Gasteiger partial charge in [0, 0.05) is 17.3 Å². The minimum Gasteiger partial charge on any atom is -0.461 e. The Hall–Kier alpha value is -2.69. The van der Waals surface area contributed by atoms with Crippen molar-refractivity contribution in [3.05, 3.63) is 54.1 Å². The summed E-state index contributed by atoms with van der Waals surface area (Å²) in [4.78, 5) is 19.3. The SMILES string of the molecule is CCOC(=O)c1[nH]c2cccnc2c1-c1ccccc1F. The average molecular weight is 284 g/mol. The molecule has 3 rings (SSSR count). The molecule has 0 atom stereocenters. The molecular formula is C16H13FN2O2. The largest absolute Gasteiger partial charge is 0.461 e. The zero-order valence-corrected chi connectivity index (χ0v) is 11.4. The van der Waals surface area contributed by atoms with E-state index in [1.165, 1.54) is 6.07 Å². The highest BCUT2D eigenvalue weighted by Crippen LogP contribution is 2.33. The van der Waals surface area contributed by atoms with Gasteiger partial charge in [-0.05, 0) is 25.1 Å². The first-order valence-electron chi connectivity index (χ1n) is 6.61. The first-order valence-corrected chi connectivity index (χ1v) is 6.61. The lowest BCUT2D eigenvalue weighted by Gasteiger charge is -2.05. The Morgan fingerprint density at radius 3 is 2.86 bits per heavy atom. The number of hydrogen-bond donors (Lipinski definition) is 1. The van der Waals surface area contributed by atoms with Gasteiger partial charge in [-0.1, -0.05) is 18.2 Å². The number of aromatic nitrogens is 2. The molecule has 0 amide bonds. The van der Waals surface area contributed by atoms with Crippen molar-refractivity contribution in [1.29, 1.82) is 0 Å². The number of carbonyl (C=O) groups excluding carboxylic acids is 1. The van der Waals surface area contributed by atoms with Crippen LogP contribution in [0.1, 0.15) is 17.4 Å². The zero-order valence-electron chi connectivity index (χ0n) is 11.4. The molecule has 21 heavy (non-hydrogen) atoms. The number of ether oxygens (including phenoxy) is 1. The molecule has 0 saturated carbocycles. The smallest absolute Gasteiger partial charge is 0.355 e. The van der Waals surface area contributed by atoms with Crippen molar-refractivity contribution < 1.29 is 13.9 Å². The molecule has 0 bridgehead atoms. The number of halogens is 1. The molecule has 2 heterocycles. The van der Waals surface area contributed by atoms with E-state index in [0.717, 1.165) is 0 Å². The lowest BCUT2D eigenvalue weighted by molar-refractivity contribution is 0.0521. The Bertz CT molecular complexity index is 811. The minimum absolute atomic E-state index is 0.218. The first-order chi connectivity index (χ1) is 10.2. The van der Waals surface area contributed by atoms with Crippen molar-refractivity contribution in [3.8, 4) is 11.1 Å². The van der Waals surface area contributed by atoms with Gasteiger partial charge in [0.2, 0.25) is 0 Å². The van der Waals surface area contributed by atoms with Crippen LogP contribution in [-0.4, -0.2) is 22.5 Å². The lowest BCUT2D eigenvalue weighted by Crippen LogP contribution is -2.06. The molecule has 0 aliphatic heterocycles. The van der Waals surface area contributed by atoms with Gasteiger partial charge in [-0.25, -0.2) is 9.18 Å². The summed E-state index contributed by atoms with van der Waals surface area (Å²) < 4.78 is 19.2. The summed E-state index contributed by atoms with van der Waals surface area (Å²) >= 11 is 0. The molecule has 0 aliphatic carbocycles. The maximum atomic E-state index is 14.1. The number of benzene rings is 1. The predicted molar refractivity (Wildman–Crippen MR) is 77.4 cm³/mol. The van der Waals surface area contributed by atoms with E-state index in [9.17, 15) is 9.18 Å². The number of fused-ring (bicyclic) bond motifs is 1. The standard InChI is InChI=1S/C16H13FN2O2/c1-2-21-16(20)15-13(10-6-3-4-7-11(10)17)14-12(19-15)8-5-9-18-14/h3-9,19H,2H2,1H3. The quantitative estimate of drug-likeness (QED) is 0.748. The van der Waals surface area contributed by atoms with Crippen LogP contribution in [-0.2, 0) is 4.74 Å². The highest BCUT2D eigenvalue weighted by molar-refractivity contribution is 6.06. The number of rotatable bonds is 3. The van der Waals surface area contributed by atoms with Crippen LogP contribution in [0, 0.1) is 5.82 Å². The van der Waals surface area contributed by atoms with Crippen LogP contribution in [0.2, 0.25) is 0 Å². The molecule has 106 valence electrons. The van der Waals surface area contributed by atoms with Gasteiger partial charge in [0.05, 0.1) is 17.6 Å². The van der Waals surface area contributed by atoms with E-state index in [1.807, 2.05) is 0 Å². The molecule has 2 aromatic heterocycles. The van der Waals surface area contributed by atoms with Crippen molar-refractivity contribution in [2.24, 2.45) is 0 Å². The number of carbonyl (C=O) groups is 1. The monoisotopic (exact) mass is 284 g/mol. The highest BCUT2D eigenvalue weighted by Gasteiger charge is 2.22. The van der Waals surface area contributed by atoms with Crippen LogP contribution >= 0.6 is 0 Å².